The molecule has 0 aliphatic carbocycles. The van der Waals surface area contributed by atoms with E-state index in [2.05, 4.69) is 21.9 Å². The van der Waals surface area contributed by atoms with Crippen LogP contribution in [0.25, 0.3) is 0 Å². The Morgan fingerprint density at radius 3 is 2.42 bits per heavy atom. The summed E-state index contributed by atoms with van der Waals surface area (Å²) < 4.78 is 22.6. The van der Waals surface area contributed by atoms with Crippen LogP contribution < -0.4 is 0 Å². The van der Waals surface area contributed by atoms with E-state index in [1.807, 2.05) is 23.1 Å². The van der Waals surface area contributed by atoms with Crippen LogP contribution in [-0.2, 0) is 21.2 Å². The first-order valence-electron chi connectivity index (χ1n) is 9.39. The molecule has 0 aromatic heterocycles. The van der Waals surface area contributed by atoms with Gasteiger partial charge in [0, 0.05) is 45.5 Å². The number of hydrogen-bond donors (Lipinski definition) is 0. The van der Waals surface area contributed by atoms with E-state index in [0.29, 0.717) is 19.6 Å². The number of hydrogen-bond acceptors (Lipinski definition) is 5. The fourth-order valence-corrected chi connectivity index (χ4v) is 4.40. The lowest BCUT2D eigenvalue weighted by Gasteiger charge is -2.37. The fourth-order valence-electron chi connectivity index (χ4n) is 3.81. The maximum Gasteiger partial charge on any atom is 0.240 e. The number of nitrogens with zero attached hydrogens (tertiary/aromatic N) is 3. The molecular formula is C19H29N3O3S. The molecule has 1 amide bonds. The lowest BCUT2D eigenvalue weighted by molar-refractivity contribution is -0.137. The second-order valence-corrected chi connectivity index (χ2v) is 9.67. The van der Waals surface area contributed by atoms with Gasteiger partial charge < -0.3 is 4.90 Å². The lowest BCUT2D eigenvalue weighted by Crippen LogP contribution is -2.54. The van der Waals surface area contributed by atoms with E-state index >= 15 is 0 Å². The standard InChI is InChI=1S/C19H29N3O3S/c1-26(24,25)15-14-20-10-12-21(13-11-20)19(23)18-8-5-9-22(18)16-17-6-3-2-4-7-17/h2-4,6-7,18H,5,8-16H2,1H3. The van der Waals surface area contributed by atoms with Gasteiger partial charge in [-0.25, -0.2) is 8.42 Å². The van der Waals surface area contributed by atoms with Gasteiger partial charge in [0.05, 0.1) is 11.8 Å². The topological polar surface area (TPSA) is 60.9 Å². The molecule has 1 aromatic carbocycles. The third-order valence-corrected chi connectivity index (χ3v) is 6.26. The summed E-state index contributed by atoms with van der Waals surface area (Å²) >= 11 is 0. The highest BCUT2D eigenvalue weighted by Crippen LogP contribution is 2.22. The molecule has 0 N–H and O–H groups in total. The van der Waals surface area contributed by atoms with Crippen LogP contribution in [0.5, 0.6) is 0 Å². The maximum absolute atomic E-state index is 13.0. The number of amides is 1. The van der Waals surface area contributed by atoms with Crippen LogP contribution in [0.4, 0.5) is 0 Å². The predicted octanol–water partition coefficient (Wildman–Crippen LogP) is 0.840. The molecule has 0 spiro atoms. The minimum Gasteiger partial charge on any atom is -0.339 e. The third kappa shape index (κ3) is 5.28. The summed E-state index contributed by atoms with van der Waals surface area (Å²) in [6, 6.07) is 10.3. The van der Waals surface area contributed by atoms with Crippen LogP contribution in [0.3, 0.4) is 0 Å². The Morgan fingerprint density at radius 1 is 1.08 bits per heavy atom. The number of carbonyl (C=O) groups excluding carboxylic acids is 1. The van der Waals surface area contributed by atoms with Crippen molar-refractivity contribution in [1.82, 2.24) is 14.7 Å². The van der Waals surface area contributed by atoms with Gasteiger partial charge in [0.15, 0.2) is 0 Å². The van der Waals surface area contributed by atoms with E-state index in [-0.39, 0.29) is 17.7 Å². The van der Waals surface area contributed by atoms with Crippen molar-refractivity contribution in [2.24, 2.45) is 0 Å². The highest BCUT2D eigenvalue weighted by Gasteiger charge is 2.34. The van der Waals surface area contributed by atoms with Crippen molar-refractivity contribution in [2.45, 2.75) is 25.4 Å². The van der Waals surface area contributed by atoms with Gasteiger partial charge in [-0.3, -0.25) is 14.6 Å². The molecule has 7 heteroatoms. The largest absolute Gasteiger partial charge is 0.339 e. The van der Waals surface area contributed by atoms with Crippen molar-refractivity contribution in [3.05, 3.63) is 35.9 Å². The number of likely N-dealkylation sites (tertiary alicyclic amines) is 1. The summed E-state index contributed by atoms with van der Waals surface area (Å²) in [7, 11) is -2.93. The summed E-state index contributed by atoms with van der Waals surface area (Å²) in [4.78, 5) is 19.4. The molecular weight excluding hydrogens is 350 g/mol. The first kappa shape index (κ1) is 19.3. The molecule has 0 radical (unpaired) electrons. The summed E-state index contributed by atoms with van der Waals surface area (Å²) in [5.74, 6) is 0.426. The van der Waals surface area contributed by atoms with E-state index in [4.69, 9.17) is 0 Å². The normalized spacial score (nSPS) is 22.7. The Bertz CT molecular complexity index is 700. The molecule has 6 nitrogen and oxygen atoms in total. The highest BCUT2D eigenvalue weighted by molar-refractivity contribution is 7.90. The van der Waals surface area contributed by atoms with Gasteiger partial charge in [0.1, 0.15) is 9.84 Å². The molecule has 26 heavy (non-hydrogen) atoms. The van der Waals surface area contributed by atoms with Crippen LogP contribution in [-0.4, -0.2) is 86.3 Å². The van der Waals surface area contributed by atoms with E-state index in [0.717, 1.165) is 39.0 Å². The monoisotopic (exact) mass is 379 g/mol. The van der Waals surface area contributed by atoms with Gasteiger partial charge >= 0.3 is 0 Å². The maximum atomic E-state index is 13.0. The van der Waals surface area contributed by atoms with Crippen molar-refractivity contribution in [2.75, 3.05) is 51.3 Å². The third-order valence-electron chi connectivity index (χ3n) is 5.34. The Kier molecular flexibility index (Phi) is 6.32. The number of piperazine rings is 1. The number of carbonyl (C=O) groups is 1. The zero-order chi connectivity index (χ0) is 18.6. The van der Waals surface area contributed by atoms with Crippen LogP contribution >= 0.6 is 0 Å². The minimum absolute atomic E-state index is 0.0159. The molecule has 0 bridgehead atoms. The second kappa shape index (κ2) is 8.50. The molecule has 3 rings (SSSR count). The fraction of sp³-hybridized carbons (Fsp3) is 0.632. The second-order valence-electron chi connectivity index (χ2n) is 7.41. The van der Waals surface area contributed by atoms with Gasteiger partial charge in [-0.1, -0.05) is 30.3 Å². The first-order valence-corrected chi connectivity index (χ1v) is 11.5. The molecule has 2 heterocycles. The van der Waals surface area contributed by atoms with Crippen LogP contribution in [0.1, 0.15) is 18.4 Å². The molecule has 2 aliphatic heterocycles. The van der Waals surface area contributed by atoms with E-state index in [1.165, 1.54) is 11.8 Å². The summed E-state index contributed by atoms with van der Waals surface area (Å²) in [6.45, 7) is 5.26. The molecule has 1 unspecified atom stereocenters. The van der Waals surface area contributed by atoms with Crippen molar-refractivity contribution >= 4 is 15.7 Å². The summed E-state index contributed by atoms with van der Waals surface area (Å²) in [5, 5.41) is 0. The average molecular weight is 380 g/mol. The molecule has 1 aromatic rings. The lowest BCUT2D eigenvalue weighted by atomic mass is 10.1. The van der Waals surface area contributed by atoms with E-state index in [9.17, 15) is 13.2 Å². The Labute approximate surface area is 156 Å². The Morgan fingerprint density at radius 2 is 1.77 bits per heavy atom. The number of rotatable bonds is 6. The predicted molar refractivity (Wildman–Crippen MR) is 103 cm³/mol. The van der Waals surface area contributed by atoms with E-state index < -0.39 is 9.84 Å². The number of benzene rings is 1. The quantitative estimate of drug-likeness (QED) is 0.733. The zero-order valence-corrected chi connectivity index (χ0v) is 16.3. The van der Waals surface area contributed by atoms with Gasteiger partial charge in [0.25, 0.3) is 0 Å². The molecule has 2 fully saturated rings. The van der Waals surface area contributed by atoms with E-state index in [1.54, 1.807) is 0 Å². The smallest absolute Gasteiger partial charge is 0.240 e. The molecule has 2 aliphatic rings. The zero-order valence-electron chi connectivity index (χ0n) is 15.5. The Hall–Kier alpha value is -1.44. The first-order chi connectivity index (χ1) is 12.4. The summed E-state index contributed by atoms with van der Waals surface area (Å²) in [6.07, 6.45) is 3.27. The SMILES string of the molecule is CS(=O)(=O)CCN1CCN(C(=O)C2CCCN2Cc2ccccc2)CC1. The average Bonchev–Trinajstić information content (AvgIpc) is 3.08. The van der Waals surface area contributed by atoms with Crippen molar-refractivity contribution in [3.8, 4) is 0 Å². The Balaban J connectivity index is 1.51. The highest BCUT2D eigenvalue weighted by atomic mass is 32.2. The van der Waals surface area contributed by atoms with Crippen LogP contribution in [0.15, 0.2) is 30.3 Å². The molecule has 1 atom stereocenters. The van der Waals surface area contributed by atoms with Gasteiger partial charge in [-0.05, 0) is 24.9 Å². The minimum atomic E-state index is -2.93. The van der Waals surface area contributed by atoms with Crippen molar-refractivity contribution in [1.29, 1.82) is 0 Å². The number of sulfone groups is 1. The van der Waals surface area contributed by atoms with Crippen LogP contribution in [0, 0.1) is 0 Å². The molecule has 2 saturated heterocycles. The summed E-state index contributed by atoms with van der Waals surface area (Å²) in [5.41, 5.74) is 1.25. The molecule has 144 valence electrons. The molecule has 0 saturated carbocycles. The van der Waals surface area contributed by atoms with Crippen molar-refractivity contribution in [3.63, 3.8) is 0 Å². The van der Waals surface area contributed by atoms with Gasteiger partial charge in [0.2, 0.25) is 5.91 Å². The van der Waals surface area contributed by atoms with Crippen LogP contribution in [0.2, 0.25) is 0 Å². The van der Waals surface area contributed by atoms with Gasteiger partial charge in [-0.15, -0.1) is 0 Å². The van der Waals surface area contributed by atoms with Gasteiger partial charge in [-0.2, -0.15) is 0 Å². The van der Waals surface area contributed by atoms with Crippen molar-refractivity contribution < 1.29 is 13.2 Å².